The number of imidazole rings is 1. The third-order valence-electron chi connectivity index (χ3n) is 9.35. The molecule has 2 aliphatic heterocycles. The van der Waals surface area contributed by atoms with Crippen LogP contribution >= 0.6 is 19.0 Å². The van der Waals surface area contributed by atoms with Crippen LogP contribution in [0, 0.1) is 0 Å². The number of likely N-dealkylation sites (tertiary alicyclic amines) is 1. The number of thiol groups is 1. The van der Waals surface area contributed by atoms with E-state index in [1.807, 2.05) is 29.8 Å². The number of aromatic nitrogens is 4. The minimum atomic E-state index is -3.34. The molecule has 0 aliphatic carbocycles. The molecule has 0 unspecified atom stereocenters. The van der Waals surface area contributed by atoms with Crippen LogP contribution in [0.15, 0.2) is 109 Å². The lowest BCUT2D eigenvalue weighted by Gasteiger charge is -2.50. The SMILES string of the molecule is CN1CCC/C1=N\c1ncnc2c1ncn2[C@H]1CN(C(c2ccccc2)(c2ccccc2)c2ccccc2)C[C@@H](CO[P@@](=O)(S)N(C)C)O1. The maximum atomic E-state index is 13.2. The molecule has 254 valence electrons. The number of hydrogen-bond acceptors (Lipinski definition) is 8. The van der Waals surface area contributed by atoms with Crippen LogP contribution in [0.3, 0.4) is 0 Å². The van der Waals surface area contributed by atoms with Gasteiger partial charge in [0, 0.05) is 33.1 Å². The summed E-state index contributed by atoms with van der Waals surface area (Å²) in [4.78, 5) is 23.4. The molecule has 49 heavy (non-hydrogen) atoms. The van der Waals surface area contributed by atoms with E-state index in [2.05, 4.69) is 105 Å². The van der Waals surface area contributed by atoms with Crippen molar-refractivity contribution in [1.82, 2.24) is 34.0 Å². The van der Waals surface area contributed by atoms with Crippen molar-refractivity contribution < 1.29 is 13.8 Å². The zero-order valence-corrected chi connectivity index (χ0v) is 29.7. The number of fused-ring (bicyclic) bond motifs is 1. The molecule has 0 spiro atoms. The van der Waals surface area contributed by atoms with E-state index < -0.39 is 24.6 Å². The fourth-order valence-electron chi connectivity index (χ4n) is 6.91. The molecule has 5 aromatic rings. The van der Waals surface area contributed by atoms with Gasteiger partial charge in [0.25, 0.3) is 0 Å². The molecule has 3 atom stereocenters. The molecule has 2 saturated heterocycles. The molecule has 0 amide bonds. The van der Waals surface area contributed by atoms with E-state index >= 15 is 0 Å². The maximum absolute atomic E-state index is 13.2. The van der Waals surface area contributed by atoms with E-state index in [1.54, 1.807) is 20.4 Å². The van der Waals surface area contributed by atoms with Gasteiger partial charge in [-0.15, -0.1) is 0 Å². The van der Waals surface area contributed by atoms with Crippen molar-refractivity contribution in [2.75, 3.05) is 47.4 Å². The van der Waals surface area contributed by atoms with Crippen LogP contribution in [-0.2, 0) is 19.4 Å². The highest BCUT2D eigenvalue weighted by Gasteiger charge is 2.47. The zero-order chi connectivity index (χ0) is 34.0. The number of nitrogens with zero attached hydrogens (tertiary/aromatic N) is 8. The minimum absolute atomic E-state index is 0.0628. The highest BCUT2D eigenvalue weighted by molar-refractivity contribution is 8.45. The Hall–Kier alpha value is -3.90. The molecule has 13 heteroatoms. The molecule has 3 aromatic carbocycles. The maximum Gasteiger partial charge on any atom is 0.325 e. The van der Waals surface area contributed by atoms with Crippen LogP contribution < -0.4 is 0 Å². The fourth-order valence-corrected chi connectivity index (χ4v) is 7.70. The van der Waals surface area contributed by atoms with Crippen LogP contribution in [0.1, 0.15) is 35.8 Å². The van der Waals surface area contributed by atoms with Gasteiger partial charge in [0.1, 0.15) is 18.4 Å². The van der Waals surface area contributed by atoms with Crippen LogP contribution in [0.5, 0.6) is 0 Å². The summed E-state index contributed by atoms with van der Waals surface area (Å²) >= 11 is 4.37. The van der Waals surface area contributed by atoms with Gasteiger partial charge >= 0.3 is 6.72 Å². The Bertz CT molecular complexity index is 1860. The zero-order valence-electron chi connectivity index (χ0n) is 27.9. The second-order valence-electron chi connectivity index (χ2n) is 12.6. The summed E-state index contributed by atoms with van der Waals surface area (Å²) in [5.41, 5.74) is 3.84. The Morgan fingerprint density at radius 1 is 0.939 bits per heavy atom. The van der Waals surface area contributed by atoms with Crippen LogP contribution in [0.25, 0.3) is 11.2 Å². The number of hydrogen-bond donors (Lipinski definition) is 1. The molecular formula is C36H41N8O3PS. The predicted octanol–water partition coefficient (Wildman–Crippen LogP) is 6.39. The molecular weight excluding hydrogens is 655 g/mol. The molecule has 2 aromatic heterocycles. The van der Waals surface area contributed by atoms with Gasteiger partial charge in [0.05, 0.1) is 24.6 Å². The average Bonchev–Trinajstić information content (AvgIpc) is 3.75. The van der Waals surface area contributed by atoms with Crippen molar-refractivity contribution in [2.45, 2.75) is 30.7 Å². The van der Waals surface area contributed by atoms with Crippen molar-refractivity contribution in [3.8, 4) is 0 Å². The summed E-state index contributed by atoms with van der Waals surface area (Å²) in [6, 6.07) is 31.6. The third kappa shape index (κ3) is 6.57. The fraction of sp³-hybridized carbons (Fsp3) is 0.333. The lowest BCUT2D eigenvalue weighted by atomic mass is 9.75. The van der Waals surface area contributed by atoms with Gasteiger partial charge in [-0.05, 0) is 37.2 Å². The van der Waals surface area contributed by atoms with Gasteiger partial charge in [-0.2, -0.15) is 0 Å². The van der Waals surface area contributed by atoms with Crippen LogP contribution in [0.4, 0.5) is 5.82 Å². The average molecular weight is 697 g/mol. The van der Waals surface area contributed by atoms with Crippen molar-refractivity contribution >= 4 is 41.8 Å². The molecule has 0 N–H and O–H groups in total. The first-order chi connectivity index (χ1) is 23.8. The Balaban J connectivity index is 1.37. The number of benzene rings is 3. The largest absolute Gasteiger partial charge is 0.363 e. The summed E-state index contributed by atoms with van der Waals surface area (Å²) in [6.07, 6.45) is 4.23. The van der Waals surface area contributed by atoms with Gasteiger partial charge in [0.2, 0.25) is 0 Å². The Morgan fingerprint density at radius 3 is 2.10 bits per heavy atom. The van der Waals surface area contributed by atoms with Crippen molar-refractivity contribution in [3.63, 3.8) is 0 Å². The summed E-state index contributed by atoms with van der Waals surface area (Å²) in [5.74, 6) is 1.52. The smallest absolute Gasteiger partial charge is 0.325 e. The lowest BCUT2D eigenvalue weighted by molar-refractivity contribution is -0.145. The first-order valence-corrected chi connectivity index (χ1v) is 19.2. The Kier molecular flexibility index (Phi) is 9.70. The van der Waals surface area contributed by atoms with E-state index in [0.717, 1.165) is 41.9 Å². The van der Waals surface area contributed by atoms with Gasteiger partial charge in [0.15, 0.2) is 17.0 Å². The second kappa shape index (κ2) is 14.1. The van der Waals surface area contributed by atoms with Crippen molar-refractivity contribution in [2.24, 2.45) is 4.99 Å². The molecule has 7 rings (SSSR count). The van der Waals surface area contributed by atoms with Crippen LogP contribution in [-0.4, -0.2) is 93.3 Å². The summed E-state index contributed by atoms with van der Waals surface area (Å²) in [7, 11) is 5.43. The highest BCUT2D eigenvalue weighted by Crippen LogP contribution is 2.54. The molecule has 0 saturated carbocycles. The molecule has 0 bridgehead atoms. The lowest BCUT2D eigenvalue weighted by Crippen LogP contribution is -2.57. The quantitative estimate of drug-likeness (QED) is 0.101. The summed E-state index contributed by atoms with van der Waals surface area (Å²) in [5, 5.41) is 0. The number of ether oxygens (including phenoxy) is 1. The first kappa shape index (κ1) is 33.6. The van der Waals surface area contributed by atoms with E-state index in [1.165, 1.54) is 11.0 Å². The van der Waals surface area contributed by atoms with Crippen LogP contribution in [0.2, 0.25) is 0 Å². The molecule has 11 nitrogen and oxygen atoms in total. The first-order valence-electron chi connectivity index (χ1n) is 16.5. The summed E-state index contributed by atoms with van der Waals surface area (Å²) in [6.45, 7) is -1.36. The molecule has 2 aliphatic rings. The van der Waals surface area contributed by atoms with E-state index in [4.69, 9.17) is 19.2 Å². The normalized spacial score (nSPS) is 21.1. The van der Waals surface area contributed by atoms with Gasteiger partial charge in [-0.3, -0.25) is 14.0 Å². The number of morpholine rings is 1. The standard InChI is InChI=1S/C36H41N8O3PS/c1-41(2)48(45,49)46-24-30-22-43(36(27-14-7-4-8-15-27,28-16-9-5-10-17-28)29-18-11-6-12-19-29)23-32(47-30)44-26-39-33-34(37-25-38-35(33)44)40-31-20-13-21-42(31)3/h4-12,14-19,25-26,30,32H,13,20-24H2,1-3H3,(H,45,49)/b40-31+/t30-,32+,48+/m0/s1. The van der Waals surface area contributed by atoms with E-state index in [-0.39, 0.29) is 6.61 Å². The van der Waals surface area contributed by atoms with E-state index in [0.29, 0.717) is 30.1 Å². The minimum Gasteiger partial charge on any atom is -0.363 e. The number of amidine groups is 1. The number of rotatable bonds is 10. The third-order valence-corrected chi connectivity index (χ3v) is 12.3. The van der Waals surface area contributed by atoms with Gasteiger partial charge < -0.3 is 14.2 Å². The Labute approximate surface area is 292 Å². The van der Waals surface area contributed by atoms with Gasteiger partial charge in [-0.1, -0.05) is 103 Å². The molecule has 0 radical (unpaired) electrons. The second-order valence-corrected chi connectivity index (χ2v) is 16.2. The van der Waals surface area contributed by atoms with E-state index in [9.17, 15) is 4.57 Å². The topological polar surface area (TPSA) is 101 Å². The predicted molar refractivity (Wildman–Crippen MR) is 195 cm³/mol. The highest BCUT2D eigenvalue weighted by atomic mass is 32.7. The Morgan fingerprint density at radius 2 is 1.55 bits per heavy atom. The van der Waals surface area contributed by atoms with Crippen molar-refractivity contribution in [3.05, 3.63) is 120 Å². The molecule has 2 fully saturated rings. The van der Waals surface area contributed by atoms with Crippen molar-refractivity contribution in [1.29, 1.82) is 0 Å². The number of aliphatic imine (C=N–C) groups is 1. The monoisotopic (exact) mass is 696 g/mol. The van der Waals surface area contributed by atoms with Gasteiger partial charge in [-0.25, -0.2) is 24.6 Å². The summed E-state index contributed by atoms with van der Waals surface area (Å²) < 4.78 is 29.5. The molecule has 4 heterocycles.